The molecule has 1 fully saturated rings. The van der Waals surface area contributed by atoms with Crippen molar-refractivity contribution in [1.82, 2.24) is 9.97 Å². The summed E-state index contributed by atoms with van der Waals surface area (Å²) in [5.74, 6) is -1.36. The number of amides is 1. The second-order valence-corrected chi connectivity index (χ2v) is 5.51. The summed E-state index contributed by atoms with van der Waals surface area (Å²) in [4.78, 5) is 21.3. The van der Waals surface area contributed by atoms with Gasteiger partial charge in [0.05, 0.1) is 12.4 Å². The molecular weight excluding hydrogens is 318 g/mol. The third kappa shape index (κ3) is 3.58. The highest BCUT2D eigenvalue weighted by Gasteiger charge is 2.23. The van der Waals surface area contributed by atoms with Crippen LogP contribution in [0.4, 0.5) is 14.6 Å². The molecule has 8 heteroatoms. The van der Waals surface area contributed by atoms with Gasteiger partial charge in [-0.15, -0.1) is 0 Å². The number of hydrogen-bond acceptors (Lipinski definition) is 5. The SMILES string of the molecule is NC(=O)c1cncc(N2CCC(Oc3ccc(F)cc3F)CC2)n1. The van der Waals surface area contributed by atoms with Crippen LogP contribution in [-0.2, 0) is 0 Å². The number of aromatic nitrogens is 2. The minimum atomic E-state index is -0.711. The fraction of sp³-hybridized carbons (Fsp3) is 0.312. The first-order chi connectivity index (χ1) is 11.5. The number of rotatable bonds is 4. The van der Waals surface area contributed by atoms with Gasteiger partial charge < -0.3 is 15.4 Å². The maximum absolute atomic E-state index is 13.6. The quantitative estimate of drug-likeness (QED) is 0.923. The van der Waals surface area contributed by atoms with Crippen LogP contribution in [0.25, 0.3) is 0 Å². The highest BCUT2D eigenvalue weighted by molar-refractivity contribution is 5.90. The Labute approximate surface area is 137 Å². The molecule has 2 heterocycles. The number of halogens is 2. The van der Waals surface area contributed by atoms with Gasteiger partial charge in [-0.2, -0.15) is 0 Å². The molecule has 1 aromatic heterocycles. The molecule has 2 aromatic rings. The van der Waals surface area contributed by atoms with Crippen molar-refractivity contribution in [2.24, 2.45) is 5.73 Å². The molecule has 0 unspecified atom stereocenters. The fourth-order valence-electron chi connectivity index (χ4n) is 2.58. The van der Waals surface area contributed by atoms with Crippen molar-refractivity contribution >= 4 is 11.7 Å². The zero-order valence-corrected chi connectivity index (χ0v) is 12.8. The van der Waals surface area contributed by atoms with Crippen LogP contribution in [0.1, 0.15) is 23.3 Å². The Bertz CT molecular complexity index is 749. The maximum atomic E-state index is 13.6. The molecule has 1 amide bonds. The molecule has 1 aliphatic heterocycles. The topological polar surface area (TPSA) is 81.3 Å². The normalized spacial score (nSPS) is 15.3. The lowest BCUT2D eigenvalue weighted by Crippen LogP contribution is -2.39. The van der Waals surface area contributed by atoms with E-state index in [4.69, 9.17) is 10.5 Å². The summed E-state index contributed by atoms with van der Waals surface area (Å²) in [5, 5.41) is 0. The van der Waals surface area contributed by atoms with Crippen LogP contribution < -0.4 is 15.4 Å². The summed E-state index contributed by atoms with van der Waals surface area (Å²) in [6.07, 6.45) is 3.98. The predicted molar refractivity (Wildman–Crippen MR) is 82.8 cm³/mol. The second-order valence-electron chi connectivity index (χ2n) is 5.51. The second kappa shape index (κ2) is 6.77. The molecule has 24 heavy (non-hydrogen) atoms. The lowest BCUT2D eigenvalue weighted by atomic mass is 10.1. The van der Waals surface area contributed by atoms with Gasteiger partial charge in [0.1, 0.15) is 23.4 Å². The number of nitrogens with zero attached hydrogens (tertiary/aromatic N) is 3. The highest BCUT2D eigenvalue weighted by atomic mass is 19.1. The van der Waals surface area contributed by atoms with Crippen molar-refractivity contribution < 1.29 is 18.3 Å². The molecule has 0 spiro atoms. The summed E-state index contributed by atoms with van der Waals surface area (Å²) in [6, 6.07) is 3.26. The lowest BCUT2D eigenvalue weighted by Gasteiger charge is -2.32. The first-order valence-corrected chi connectivity index (χ1v) is 7.51. The van der Waals surface area contributed by atoms with Gasteiger partial charge in [-0.3, -0.25) is 9.78 Å². The van der Waals surface area contributed by atoms with Crippen molar-refractivity contribution in [2.45, 2.75) is 18.9 Å². The third-order valence-corrected chi connectivity index (χ3v) is 3.83. The molecule has 6 nitrogen and oxygen atoms in total. The summed E-state index contributed by atoms with van der Waals surface area (Å²) < 4.78 is 32.1. The third-order valence-electron chi connectivity index (χ3n) is 3.83. The average Bonchev–Trinajstić information content (AvgIpc) is 2.58. The molecule has 126 valence electrons. The molecular formula is C16H16F2N4O2. The van der Waals surface area contributed by atoms with Gasteiger partial charge in [-0.25, -0.2) is 13.8 Å². The van der Waals surface area contributed by atoms with Crippen LogP contribution in [0.15, 0.2) is 30.6 Å². The maximum Gasteiger partial charge on any atom is 0.268 e. The van der Waals surface area contributed by atoms with Crippen LogP contribution in [0.5, 0.6) is 5.75 Å². The van der Waals surface area contributed by atoms with Gasteiger partial charge in [0.15, 0.2) is 11.6 Å². The van der Waals surface area contributed by atoms with E-state index in [0.717, 1.165) is 6.07 Å². The Morgan fingerprint density at radius 3 is 2.67 bits per heavy atom. The van der Waals surface area contributed by atoms with Crippen LogP contribution in [0.2, 0.25) is 0 Å². The van der Waals surface area contributed by atoms with Gasteiger partial charge in [-0.1, -0.05) is 0 Å². The summed E-state index contributed by atoms with van der Waals surface area (Å²) in [7, 11) is 0. The van der Waals surface area contributed by atoms with E-state index >= 15 is 0 Å². The molecule has 0 atom stereocenters. The number of benzene rings is 1. The largest absolute Gasteiger partial charge is 0.487 e. The smallest absolute Gasteiger partial charge is 0.268 e. The number of primary amides is 1. The van der Waals surface area contributed by atoms with Gasteiger partial charge in [-0.05, 0) is 12.1 Å². The van der Waals surface area contributed by atoms with E-state index in [0.29, 0.717) is 31.7 Å². The van der Waals surface area contributed by atoms with Crippen LogP contribution in [-0.4, -0.2) is 35.1 Å². The van der Waals surface area contributed by atoms with E-state index in [1.807, 2.05) is 4.90 Å². The standard InChI is InChI=1S/C16H16F2N4O2/c17-10-1-2-14(12(18)7-10)24-11-3-5-22(6-4-11)15-9-20-8-13(21-15)16(19)23/h1-2,7-9,11H,3-6H2,(H2,19,23). The first kappa shape index (κ1) is 16.1. The van der Waals surface area contributed by atoms with E-state index in [-0.39, 0.29) is 17.5 Å². The van der Waals surface area contributed by atoms with E-state index in [2.05, 4.69) is 9.97 Å². The Morgan fingerprint density at radius 1 is 1.25 bits per heavy atom. The van der Waals surface area contributed by atoms with Crippen molar-refractivity contribution in [3.05, 3.63) is 47.9 Å². The van der Waals surface area contributed by atoms with E-state index in [1.165, 1.54) is 18.3 Å². The Morgan fingerprint density at radius 2 is 2.00 bits per heavy atom. The van der Waals surface area contributed by atoms with E-state index in [9.17, 15) is 13.6 Å². The zero-order valence-electron chi connectivity index (χ0n) is 12.8. The molecule has 3 rings (SSSR count). The van der Waals surface area contributed by atoms with Gasteiger partial charge in [0.2, 0.25) is 0 Å². The molecule has 1 saturated heterocycles. The average molecular weight is 334 g/mol. The van der Waals surface area contributed by atoms with Crippen molar-refractivity contribution in [3.63, 3.8) is 0 Å². The molecule has 0 bridgehead atoms. The number of ether oxygens (including phenoxy) is 1. The summed E-state index contributed by atoms with van der Waals surface area (Å²) in [6.45, 7) is 1.23. The van der Waals surface area contributed by atoms with Crippen molar-refractivity contribution in [1.29, 1.82) is 0 Å². The van der Waals surface area contributed by atoms with Crippen LogP contribution in [0, 0.1) is 11.6 Å². The molecule has 0 aliphatic carbocycles. The Hall–Kier alpha value is -2.77. The van der Waals surface area contributed by atoms with E-state index in [1.54, 1.807) is 6.20 Å². The number of hydrogen-bond donors (Lipinski definition) is 1. The minimum absolute atomic E-state index is 0.0466. The molecule has 1 aromatic carbocycles. The summed E-state index contributed by atoms with van der Waals surface area (Å²) in [5.41, 5.74) is 5.31. The van der Waals surface area contributed by atoms with Crippen LogP contribution >= 0.6 is 0 Å². The fourth-order valence-corrected chi connectivity index (χ4v) is 2.58. The molecule has 0 saturated carbocycles. The van der Waals surface area contributed by atoms with Crippen molar-refractivity contribution in [2.75, 3.05) is 18.0 Å². The van der Waals surface area contributed by atoms with Gasteiger partial charge >= 0.3 is 0 Å². The number of nitrogens with two attached hydrogens (primary N) is 1. The summed E-state index contributed by atoms with van der Waals surface area (Å²) >= 11 is 0. The molecule has 1 aliphatic rings. The predicted octanol–water partition coefficient (Wildman–Crippen LogP) is 1.90. The van der Waals surface area contributed by atoms with Gasteiger partial charge in [0.25, 0.3) is 5.91 Å². The monoisotopic (exact) mass is 334 g/mol. The number of carbonyl (C=O) groups excluding carboxylic acids is 1. The Balaban J connectivity index is 1.61. The Kier molecular flexibility index (Phi) is 4.54. The minimum Gasteiger partial charge on any atom is -0.487 e. The van der Waals surface area contributed by atoms with Gasteiger partial charge in [0, 0.05) is 32.0 Å². The van der Waals surface area contributed by atoms with E-state index < -0.39 is 17.5 Å². The van der Waals surface area contributed by atoms with Crippen LogP contribution in [0.3, 0.4) is 0 Å². The first-order valence-electron chi connectivity index (χ1n) is 7.51. The van der Waals surface area contributed by atoms with Crippen molar-refractivity contribution in [3.8, 4) is 5.75 Å². The highest BCUT2D eigenvalue weighted by Crippen LogP contribution is 2.24. The number of carbonyl (C=O) groups is 1. The number of anilines is 1. The zero-order chi connectivity index (χ0) is 17.1. The lowest BCUT2D eigenvalue weighted by molar-refractivity contribution is 0.0995. The number of piperidine rings is 1. The molecule has 0 radical (unpaired) electrons. The molecule has 2 N–H and O–H groups in total.